The van der Waals surface area contributed by atoms with Crippen molar-refractivity contribution < 1.29 is 40.6 Å². The third kappa shape index (κ3) is 7.70. The Morgan fingerprint density at radius 1 is 1.15 bits per heavy atom. The number of amides is 1. The van der Waals surface area contributed by atoms with E-state index in [9.17, 15) is 36.6 Å². The number of carbonyl (C=O) groups excluding carboxylic acids is 1. The summed E-state index contributed by atoms with van der Waals surface area (Å²) >= 11 is 0. The van der Waals surface area contributed by atoms with Crippen LogP contribution in [0.1, 0.15) is 66.1 Å². The van der Waals surface area contributed by atoms with Crippen LogP contribution in [0.25, 0.3) is 22.0 Å². The second kappa shape index (κ2) is 13.6. The van der Waals surface area contributed by atoms with Gasteiger partial charge in [0.2, 0.25) is 5.91 Å². The summed E-state index contributed by atoms with van der Waals surface area (Å²) in [5.74, 6) is -2.85. The summed E-state index contributed by atoms with van der Waals surface area (Å²) < 4.78 is 102. The summed E-state index contributed by atoms with van der Waals surface area (Å²) in [6, 6.07) is 8.94. The van der Waals surface area contributed by atoms with Gasteiger partial charge in [-0.15, -0.1) is 6.58 Å². The Bertz CT molecular complexity index is 2360. The van der Waals surface area contributed by atoms with E-state index in [0.717, 1.165) is 18.2 Å². The first-order chi connectivity index (χ1) is 24.8. The van der Waals surface area contributed by atoms with E-state index in [1.165, 1.54) is 38.4 Å². The van der Waals surface area contributed by atoms with Gasteiger partial charge in [0.25, 0.3) is 11.5 Å². The van der Waals surface area contributed by atoms with Crippen LogP contribution in [0.5, 0.6) is 0 Å². The molecule has 3 aromatic heterocycles. The van der Waals surface area contributed by atoms with Crippen molar-refractivity contribution in [2.24, 2.45) is 0 Å². The number of fused-ring (bicyclic) bond motifs is 2. The van der Waals surface area contributed by atoms with Gasteiger partial charge in [-0.25, -0.2) is 18.7 Å². The van der Waals surface area contributed by atoms with Crippen molar-refractivity contribution in [3.8, 4) is 23.0 Å². The van der Waals surface area contributed by atoms with Gasteiger partial charge in [-0.1, -0.05) is 24.1 Å². The van der Waals surface area contributed by atoms with Crippen molar-refractivity contribution in [3.05, 3.63) is 123 Å². The number of nitrogens with zero attached hydrogens (tertiary/aromatic N) is 4. The number of rotatable bonds is 8. The molecule has 6 rings (SSSR count). The maximum absolute atomic E-state index is 15.2. The van der Waals surface area contributed by atoms with Crippen molar-refractivity contribution in [2.75, 3.05) is 0 Å². The maximum Gasteiger partial charge on any atom is 0.435 e. The molecular formula is C37H29F7N6O3. The number of aromatic nitrogens is 5. The third-order valence-corrected chi connectivity index (χ3v) is 8.44. The van der Waals surface area contributed by atoms with E-state index in [1.807, 2.05) is 0 Å². The molecule has 0 bridgehead atoms. The Hall–Kier alpha value is -5.82. The highest BCUT2D eigenvalue weighted by Crippen LogP contribution is 2.52. The Kier molecular flexibility index (Phi) is 9.50. The van der Waals surface area contributed by atoms with Gasteiger partial charge in [0.1, 0.15) is 35.2 Å². The van der Waals surface area contributed by atoms with E-state index in [0.29, 0.717) is 16.3 Å². The minimum atomic E-state index is -5.13. The fraction of sp³-hybridized carbons (Fsp3) is 0.270. The van der Waals surface area contributed by atoms with Crippen molar-refractivity contribution in [1.29, 1.82) is 0 Å². The molecule has 5 aromatic rings. The Morgan fingerprint density at radius 2 is 1.87 bits per heavy atom. The van der Waals surface area contributed by atoms with Gasteiger partial charge < -0.3 is 15.4 Å². The fourth-order valence-corrected chi connectivity index (χ4v) is 6.34. The summed E-state index contributed by atoms with van der Waals surface area (Å²) in [7, 11) is 0. The largest absolute Gasteiger partial charge is 0.435 e. The van der Waals surface area contributed by atoms with E-state index in [2.05, 4.69) is 43.8 Å². The minimum Gasteiger partial charge on any atom is -0.378 e. The Morgan fingerprint density at radius 3 is 2.53 bits per heavy atom. The lowest BCUT2D eigenvalue weighted by atomic mass is 9.93. The number of benzene rings is 2. The predicted molar refractivity (Wildman–Crippen MR) is 178 cm³/mol. The molecule has 1 amide bonds. The molecule has 2 aromatic carbocycles. The highest BCUT2D eigenvalue weighted by molar-refractivity contribution is 5.93. The molecule has 1 aliphatic carbocycles. The zero-order valence-corrected chi connectivity index (χ0v) is 28.0. The van der Waals surface area contributed by atoms with Crippen LogP contribution in [0, 0.1) is 23.5 Å². The molecule has 274 valence electrons. The first-order valence-corrected chi connectivity index (χ1v) is 16.0. The van der Waals surface area contributed by atoms with E-state index in [4.69, 9.17) is 0 Å². The molecule has 9 nitrogen and oxygen atoms in total. The first kappa shape index (κ1) is 37.0. The second-order valence-electron chi connectivity index (χ2n) is 13.0. The van der Waals surface area contributed by atoms with Crippen LogP contribution >= 0.6 is 0 Å². The number of para-hydroxylation sites is 1. The zero-order valence-electron chi connectivity index (χ0n) is 28.0. The summed E-state index contributed by atoms with van der Waals surface area (Å²) in [6.07, 6.45) is -4.37. The highest BCUT2D eigenvalue weighted by atomic mass is 19.4. The minimum absolute atomic E-state index is 0.00104. The molecule has 0 spiro atoms. The van der Waals surface area contributed by atoms with Gasteiger partial charge in [-0.05, 0) is 62.1 Å². The summed E-state index contributed by atoms with van der Waals surface area (Å²) in [5.41, 5.74) is -4.49. The van der Waals surface area contributed by atoms with E-state index >= 15 is 8.78 Å². The van der Waals surface area contributed by atoms with Crippen LogP contribution in [0.3, 0.4) is 0 Å². The van der Waals surface area contributed by atoms with Crippen molar-refractivity contribution >= 4 is 16.8 Å². The van der Waals surface area contributed by atoms with Crippen molar-refractivity contribution in [2.45, 2.75) is 62.9 Å². The lowest BCUT2D eigenvalue weighted by molar-refractivity contribution is -0.142. The van der Waals surface area contributed by atoms with Gasteiger partial charge in [0.05, 0.1) is 29.0 Å². The number of alkyl halides is 5. The van der Waals surface area contributed by atoms with Gasteiger partial charge in [0.15, 0.2) is 5.69 Å². The molecule has 53 heavy (non-hydrogen) atoms. The quantitative estimate of drug-likeness (QED) is 0.0953. The number of hydrogen-bond acceptors (Lipinski definition) is 6. The lowest BCUT2D eigenvalue weighted by Crippen LogP contribution is -2.35. The van der Waals surface area contributed by atoms with Crippen LogP contribution in [0.15, 0.2) is 72.3 Å². The molecule has 0 fully saturated rings. The molecule has 0 aliphatic heterocycles. The maximum atomic E-state index is 15.2. The Balaban J connectivity index is 1.51. The van der Waals surface area contributed by atoms with Gasteiger partial charge >= 0.3 is 6.18 Å². The van der Waals surface area contributed by atoms with Crippen molar-refractivity contribution in [3.63, 3.8) is 0 Å². The zero-order chi connectivity index (χ0) is 38.5. The normalized spacial score (nSPS) is 15.8. The van der Waals surface area contributed by atoms with Gasteiger partial charge in [-0.3, -0.25) is 14.3 Å². The third-order valence-electron chi connectivity index (χ3n) is 8.44. The number of allylic oxidation sites excluding steroid dienone is 1. The first-order valence-electron chi connectivity index (χ1n) is 16.0. The van der Waals surface area contributed by atoms with E-state index < -0.39 is 82.7 Å². The lowest BCUT2D eigenvalue weighted by Gasteiger charge is -2.23. The second-order valence-corrected chi connectivity index (χ2v) is 13.0. The molecule has 2 atom stereocenters. The van der Waals surface area contributed by atoms with E-state index in [1.54, 1.807) is 12.1 Å². The monoisotopic (exact) mass is 738 g/mol. The van der Waals surface area contributed by atoms with Crippen LogP contribution < -0.4 is 10.9 Å². The van der Waals surface area contributed by atoms with Gasteiger partial charge in [0, 0.05) is 35.1 Å². The molecule has 16 heteroatoms. The van der Waals surface area contributed by atoms with Crippen LogP contribution in [0.2, 0.25) is 0 Å². The number of aromatic amines is 1. The smallest absolute Gasteiger partial charge is 0.378 e. The molecule has 0 saturated heterocycles. The number of halogens is 7. The van der Waals surface area contributed by atoms with Crippen molar-refractivity contribution in [1.82, 2.24) is 30.0 Å². The van der Waals surface area contributed by atoms with Crippen LogP contribution in [-0.2, 0) is 29.9 Å². The summed E-state index contributed by atoms with van der Waals surface area (Å²) in [4.78, 5) is 37.8. The average Bonchev–Trinajstić information content (AvgIpc) is 3.58. The standard InChI is InChI=1S/C37H29F7N6O3/c1-4-20-16-36(40,41)33-29(20)32(37(42,43)44)49-50(33)17-28(51)48-27(14-19-12-21(38)15-22(39)13-19)31-25(9-8-23(47-31)10-11-35(2,3)53)24-6-5-7-26-30(24)45-18-46-34(26)52/h4-9,12-13,15,18,20,27,53H,1,14,16-17H2,2-3H3,(H,48,51)(H,45,46,52)/t20-,27-/m0/s1. The van der Waals surface area contributed by atoms with Crippen LogP contribution in [-0.4, -0.2) is 41.3 Å². The SMILES string of the molecule is C=C[C@H]1CC(F)(F)c2c1c(C(F)(F)F)nn2CC(=O)N[C@@H](Cc1cc(F)cc(F)c1)c1nc(C#CC(C)(C)O)ccc1-c1cccc2c(=O)[nH]cnc12. The van der Waals surface area contributed by atoms with Crippen LogP contribution in [0.4, 0.5) is 30.7 Å². The van der Waals surface area contributed by atoms with Gasteiger partial charge in [-0.2, -0.15) is 27.1 Å². The molecule has 0 saturated carbocycles. The fourth-order valence-electron chi connectivity index (χ4n) is 6.34. The number of pyridine rings is 1. The number of H-pyrrole nitrogens is 1. The summed E-state index contributed by atoms with van der Waals surface area (Å²) in [5, 5.41) is 16.4. The number of carbonyl (C=O) groups is 1. The highest BCUT2D eigenvalue weighted by Gasteiger charge is 2.53. The topological polar surface area (TPSA) is 126 Å². The molecule has 0 radical (unpaired) electrons. The molecule has 0 unspecified atom stereocenters. The number of aliphatic hydroxyl groups is 1. The molecular weight excluding hydrogens is 709 g/mol. The molecule has 1 aliphatic rings. The van der Waals surface area contributed by atoms with E-state index in [-0.39, 0.29) is 39.8 Å². The summed E-state index contributed by atoms with van der Waals surface area (Å²) in [6.45, 7) is 5.13. The average molecular weight is 739 g/mol. The Labute approximate surface area is 296 Å². The molecule has 3 heterocycles. The molecule has 3 N–H and O–H groups in total. The predicted octanol–water partition coefficient (Wildman–Crippen LogP) is 6.47. The number of hydrogen-bond donors (Lipinski definition) is 3. The number of nitrogens with one attached hydrogen (secondary N) is 2.